The van der Waals surface area contributed by atoms with Crippen LogP contribution in [0.15, 0.2) is 39.1 Å². The molecule has 1 unspecified atom stereocenters. The van der Waals surface area contributed by atoms with Gasteiger partial charge in [-0.2, -0.15) is 0 Å². The molecule has 1 aromatic heterocycles. The zero-order chi connectivity index (χ0) is 11.7. The molecule has 1 saturated carbocycles. The highest BCUT2D eigenvalue weighted by atomic mass is 32.2. The molecule has 0 saturated heterocycles. The molecular weight excluding hydrogens is 236 g/mol. The van der Waals surface area contributed by atoms with Crippen molar-refractivity contribution in [3.63, 3.8) is 0 Å². The van der Waals surface area contributed by atoms with E-state index in [-0.39, 0.29) is 5.25 Å². The van der Waals surface area contributed by atoms with Crippen LogP contribution >= 0.6 is 11.8 Å². The van der Waals surface area contributed by atoms with Gasteiger partial charge < -0.3 is 9.62 Å². The summed E-state index contributed by atoms with van der Waals surface area (Å²) in [5, 5.41) is 13.1. The van der Waals surface area contributed by atoms with Crippen molar-refractivity contribution < 1.29 is 9.62 Å². The fraction of sp³-hybridized carbons (Fsp3) is 0.333. The quantitative estimate of drug-likeness (QED) is 0.654. The molecule has 0 radical (unpaired) electrons. The maximum atomic E-state index is 8.88. The molecule has 5 heteroatoms. The van der Waals surface area contributed by atoms with E-state index in [0.29, 0.717) is 5.22 Å². The third kappa shape index (κ3) is 2.02. The van der Waals surface area contributed by atoms with Gasteiger partial charge in [0.25, 0.3) is 5.22 Å². The highest BCUT2D eigenvalue weighted by molar-refractivity contribution is 8.00. The predicted octanol–water partition coefficient (Wildman–Crippen LogP) is 3.30. The van der Waals surface area contributed by atoms with Crippen molar-refractivity contribution in [2.24, 2.45) is 5.16 Å². The Morgan fingerprint density at radius 1 is 1.41 bits per heavy atom. The second kappa shape index (κ2) is 4.41. The molecule has 0 bridgehead atoms. The van der Waals surface area contributed by atoms with E-state index in [9.17, 15) is 0 Å². The van der Waals surface area contributed by atoms with Crippen LogP contribution in [-0.2, 0) is 0 Å². The molecule has 1 fully saturated rings. The Labute approximate surface area is 103 Å². The zero-order valence-corrected chi connectivity index (χ0v) is 9.98. The summed E-state index contributed by atoms with van der Waals surface area (Å²) in [6.45, 7) is 0. The van der Waals surface area contributed by atoms with Crippen LogP contribution in [0.25, 0.3) is 11.1 Å². The summed E-state index contributed by atoms with van der Waals surface area (Å²) in [5.74, 6) is 0. The van der Waals surface area contributed by atoms with Crippen LogP contribution < -0.4 is 0 Å². The number of thioether (sulfide) groups is 1. The normalized spacial score (nSPS) is 22.6. The van der Waals surface area contributed by atoms with Crippen molar-refractivity contribution in [1.82, 2.24) is 4.98 Å². The van der Waals surface area contributed by atoms with Gasteiger partial charge >= 0.3 is 0 Å². The molecule has 4 nitrogen and oxygen atoms in total. The van der Waals surface area contributed by atoms with Gasteiger partial charge in [-0.1, -0.05) is 29.1 Å². The van der Waals surface area contributed by atoms with Gasteiger partial charge in [0.2, 0.25) is 0 Å². The minimum Gasteiger partial charge on any atom is -0.431 e. The minimum atomic E-state index is 0.202. The average molecular weight is 248 g/mol. The molecule has 1 atom stereocenters. The number of rotatable bonds is 2. The summed E-state index contributed by atoms with van der Waals surface area (Å²) >= 11 is 1.54. The molecule has 1 aliphatic rings. The summed E-state index contributed by atoms with van der Waals surface area (Å²) in [4.78, 5) is 4.40. The van der Waals surface area contributed by atoms with Crippen molar-refractivity contribution in [2.45, 2.75) is 29.7 Å². The number of aromatic nitrogens is 1. The van der Waals surface area contributed by atoms with Gasteiger partial charge in [-0.3, -0.25) is 0 Å². The molecule has 1 aliphatic carbocycles. The predicted molar refractivity (Wildman–Crippen MR) is 66.7 cm³/mol. The first-order chi connectivity index (χ1) is 8.36. The Bertz CT molecular complexity index is 531. The van der Waals surface area contributed by atoms with Crippen molar-refractivity contribution in [3.8, 4) is 0 Å². The third-order valence-corrected chi connectivity index (χ3v) is 4.09. The fourth-order valence-corrected chi connectivity index (χ4v) is 3.18. The smallest absolute Gasteiger partial charge is 0.257 e. The van der Waals surface area contributed by atoms with Gasteiger partial charge in [-0.15, -0.1) is 0 Å². The lowest BCUT2D eigenvalue weighted by Gasteiger charge is -2.04. The maximum Gasteiger partial charge on any atom is 0.257 e. The lowest BCUT2D eigenvalue weighted by Crippen LogP contribution is -2.08. The van der Waals surface area contributed by atoms with E-state index < -0.39 is 0 Å². The van der Waals surface area contributed by atoms with Crippen LogP contribution in [0.3, 0.4) is 0 Å². The van der Waals surface area contributed by atoms with Gasteiger partial charge in [-0.25, -0.2) is 4.98 Å². The summed E-state index contributed by atoms with van der Waals surface area (Å²) in [6, 6.07) is 7.70. The first kappa shape index (κ1) is 10.7. The Hall–Kier alpha value is -1.49. The van der Waals surface area contributed by atoms with E-state index >= 15 is 0 Å². The number of benzene rings is 1. The lowest BCUT2D eigenvalue weighted by molar-refractivity contribution is 0.317. The molecule has 1 heterocycles. The van der Waals surface area contributed by atoms with Crippen LogP contribution in [0.5, 0.6) is 0 Å². The molecule has 2 aromatic rings. The second-order valence-corrected chi connectivity index (χ2v) is 5.19. The lowest BCUT2D eigenvalue weighted by atomic mass is 10.3. The van der Waals surface area contributed by atoms with Crippen LogP contribution in [0.4, 0.5) is 0 Å². The summed E-state index contributed by atoms with van der Waals surface area (Å²) in [6.07, 6.45) is 2.95. The Morgan fingerprint density at radius 2 is 2.29 bits per heavy atom. The van der Waals surface area contributed by atoms with Crippen LogP contribution in [0, 0.1) is 0 Å². The highest BCUT2D eigenvalue weighted by Crippen LogP contribution is 2.34. The molecule has 1 N–H and O–H groups in total. The number of oxime groups is 1. The average Bonchev–Trinajstić information content (AvgIpc) is 2.94. The van der Waals surface area contributed by atoms with Gasteiger partial charge in [0.05, 0.1) is 11.0 Å². The van der Waals surface area contributed by atoms with E-state index in [1.165, 1.54) is 0 Å². The van der Waals surface area contributed by atoms with Crippen molar-refractivity contribution in [1.29, 1.82) is 0 Å². The van der Waals surface area contributed by atoms with Gasteiger partial charge in [0.15, 0.2) is 5.58 Å². The van der Waals surface area contributed by atoms with Gasteiger partial charge in [0.1, 0.15) is 5.52 Å². The van der Waals surface area contributed by atoms with E-state index in [1.807, 2.05) is 24.3 Å². The number of fused-ring (bicyclic) bond motifs is 1. The van der Waals surface area contributed by atoms with Gasteiger partial charge in [0, 0.05) is 0 Å². The van der Waals surface area contributed by atoms with E-state index in [4.69, 9.17) is 9.62 Å². The highest BCUT2D eigenvalue weighted by Gasteiger charge is 2.26. The van der Waals surface area contributed by atoms with E-state index in [2.05, 4.69) is 10.1 Å². The molecule has 3 rings (SSSR count). The standard InChI is InChI=1S/C12H12N2O2S/c15-14-9-5-3-7-11(9)17-12-13-8-4-1-2-6-10(8)16-12/h1-2,4,6,11,15H,3,5,7H2/b14-9-. The number of oxazole rings is 1. The SMILES string of the molecule is O/N=C1/CCCC1Sc1nc2ccccc2o1. The zero-order valence-electron chi connectivity index (χ0n) is 9.17. The number of nitrogens with zero attached hydrogens (tertiary/aromatic N) is 2. The summed E-state index contributed by atoms with van der Waals surface area (Å²) in [5.41, 5.74) is 2.52. The van der Waals surface area contributed by atoms with Gasteiger partial charge in [-0.05, 0) is 31.4 Å². The fourth-order valence-electron chi connectivity index (χ4n) is 2.06. The largest absolute Gasteiger partial charge is 0.431 e. The van der Waals surface area contributed by atoms with Crippen LogP contribution in [0.2, 0.25) is 0 Å². The summed E-state index contributed by atoms with van der Waals surface area (Å²) in [7, 11) is 0. The monoisotopic (exact) mass is 248 g/mol. The first-order valence-corrected chi connectivity index (χ1v) is 6.48. The van der Waals surface area contributed by atoms with Crippen molar-refractivity contribution in [3.05, 3.63) is 24.3 Å². The van der Waals surface area contributed by atoms with Crippen LogP contribution in [0.1, 0.15) is 19.3 Å². The molecule has 1 aromatic carbocycles. The Balaban J connectivity index is 1.85. The minimum absolute atomic E-state index is 0.202. The molecule has 0 aliphatic heterocycles. The number of hydrogen-bond acceptors (Lipinski definition) is 5. The first-order valence-electron chi connectivity index (χ1n) is 5.60. The number of hydrogen-bond donors (Lipinski definition) is 1. The summed E-state index contributed by atoms with van der Waals surface area (Å²) < 4.78 is 5.64. The van der Waals surface area contributed by atoms with Crippen molar-refractivity contribution >= 4 is 28.6 Å². The molecule has 0 amide bonds. The maximum absolute atomic E-state index is 8.88. The molecule has 0 spiro atoms. The Morgan fingerprint density at radius 3 is 3.12 bits per heavy atom. The Kier molecular flexibility index (Phi) is 2.76. The third-order valence-electron chi connectivity index (χ3n) is 2.92. The van der Waals surface area contributed by atoms with Crippen molar-refractivity contribution in [2.75, 3.05) is 0 Å². The second-order valence-electron chi connectivity index (χ2n) is 4.04. The van der Waals surface area contributed by atoms with E-state index in [0.717, 1.165) is 36.1 Å². The molecule has 17 heavy (non-hydrogen) atoms. The number of para-hydroxylation sites is 2. The van der Waals surface area contributed by atoms with Crippen LogP contribution in [-0.4, -0.2) is 21.2 Å². The van der Waals surface area contributed by atoms with E-state index in [1.54, 1.807) is 11.8 Å². The molecular formula is C12H12N2O2S. The molecule has 88 valence electrons. The topological polar surface area (TPSA) is 58.6 Å².